The molecule has 0 saturated carbocycles. The summed E-state index contributed by atoms with van der Waals surface area (Å²) < 4.78 is 13.7. The topological polar surface area (TPSA) is 71.9 Å². The molecule has 7 heteroatoms. The second-order valence-corrected chi connectivity index (χ2v) is 6.43. The Labute approximate surface area is 160 Å². The highest BCUT2D eigenvalue weighted by atomic mass is 19.1. The lowest BCUT2D eigenvalue weighted by Gasteiger charge is -2.14. The molecule has 4 aromatic rings. The smallest absolute Gasteiger partial charge is 0.254 e. The first-order valence-electron chi connectivity index (χ1n) is 8.59. The number of carbonyl (C=O) groups is 1. The number of carbonyl (C=O) groups excluding carboxylic acids is 1. The summed E-state index contributed by atoms with van der Waals surface area (Å²) in [4.78, 5) is 31.5. The van der Waals surface area contributed by atoms with E-state index in [4.69, 9.17) is 0 Å². The number of fused-ring (bicyclic) bond motifs is 1. The number of rotatable bonds is 3. The largest absolute Gasteiger partial charge is 0.345 e. The molecule has 6 nitrogen and oxygen atoms in total. The minimum atomic E-state index is -0.415. The molecule has 0 unspecified atom stereocenters. The Morgan fingerprint density at radius 2 is 1.75 bits per heavy atom. The molecule has 0 aliphatic heterocycles. The minimum Gasteiger partial charge on any atom is -0.345 e. The summed E-state index contributed by atoms with van der Waals surface area (Å²) in [5.74, 6) is -0.116. The molecule has 1 amide bonds. The number of hydrogen-bond acceptors (Lipinski definition) is 5. The van der Waals surface area contributed by atoms with Crippen LogP contribution in [0.25, 0.3) is 33.7 Å². The maximum Gasteiger partial charge on any atom is 0.254 e. The quantitative estimate of drug-likeness (QED) is 0.549. The van der Waals surface area contributed by atoms with Crippen LogP contribution in [0.3, 0.4) is 0 Å². The number of nitrogens with zero attached hydrogens (tertiary/aromatic N) is 5. The lowest BCUT2D eigenvalue weighted by molar-refractivity contribution is 0.0829. The van der Waals surface area contributed by atoms with Gasteiger partial charge in [0.2, 0.25) is 0 Å². The standard InChI is InChI=1S/C21H16FN5O/c1-27(2)21(28)16-10-18(26-19-9-14(22)6-7-15(16)19)13-11-24-20(25-12-13)17-5-3-4-8-23-17/h3-12H,1-2H3. The van der Waals surface area contributed by atoms with Crippen LogP contribution in [-0.4, -0.2) is 44.8 Å². The van der Waals surface area contributed by atoms with E-state index in [0.717, 1.165) is 0 Å². The van der Waals surface area contributed by atoms with Crippen LogP contribution in [0.15, 0.2) is 61.1 Å². The Hall–Kier alpha value is -3.74. The summed E-state index contributed by atoms with van der Waals surface area (Å²) in [6, 6.07) is 11.4. The van der Waals surface area contributed by atoms with Crippen molar-refractivity contribution in [2.75, 3.05) is 14.1 Å². The van der Waals surface area contributed by atoms with Crippen LogP contribution in [0, 0.1) is 5.82 Å². The fraction of sp³-hybridized carbons (Fsp3) is 0.0952. The number of aromatic nitrogens is 4. The molecule has 0 aliphatic rings. The van der Waals surface area contributed by atoms with Crippen LogP contribution in [0.5, 0.6) is 0 Å². The molecule has 0 bridgehead atoms. The second-order valence-electron chi connectivity index (χ2n) is 6.43. The SMILES string of the molecule is CN(C)C(=O)c1cc(-c2cnc(-c3ccccn3)nc2)nc2cc(F)ccc12. The Balaban J connectivity index is 1.83. The lowest BCUT2D eigenvalue weighted by atomic mass is 10.0. The third-order valence-corrected chi connectivity index (χ3v) is 4.25. The average molecular weight is 373 g/mol. The molecule has 0 spiro atoms. The highest BCUT2D eigenvalue weighted by molar-refractivity contribution is 6.07. The summed E-state index contributed by atoms with van der Waals surface area (Å²) in [5, 5.41) is 0.592. The van der Waals surface area contributed by atoms with Crippen molar-refractivity contribution in [2.45, 2.75) is 0 Å². The van der Waals surface area contributed by atoms with Crippen LogP contribution in [0.1, 0.15) is 10.4 Å². The summed E-state index contributed by atoms with van der Waals surface area (Å²) in [5.41, 5.74) is 2.62. The zero-order chi connectivity index (χ0) is 19.7. The van der Waals surface area contributed by atoms with Gasteiger partial charge >= 0.3 is 0 Å². The summed E-state index contributed by atoms with van der Waals surface area (Å²) in [6.45, 7) is 0. The molecule has 4 rings (SSSR count). The minimum absolute atomic E-state index is 0.189. The fourth-order valence-corrected chi connectivity index (χ4v) is 2.85. The van der Waals surface area contributed by atoms with Crippen LogP contribution < -0.4 is 0 Å². The molecule has 28 heavy (non-hydrogen) atoms. The van der Waals surface area contributed by atoms with Gasteiger partial charge in [-0.1, -0.05) is 6.07 Å². The normalized spacial score (nSPS) is 10.8. The average Bonchev–Trinajstić information content (AvgIpc) is 2.73. The van der Waals surface area contributed by atoms with E-state index < -0.39 is 5.82 Å². The van der Waals surface area contributed by atoms with Gasteiger partial charge in [0.05, 0.1) is 16.8 Å². The number of pyridine rings is 2. The zero-order valence-electron chi connectivity index (χ0n) is 15.3. The second kappa shape index (κ2) is 7.11. The molecule has 0 N–H and O–H groups in total. The predicted molar refractivity (Wildman–Crippen MR) is 104 cm³/mol. The number of amides is 1. The molecule has 1 aromatic carbocycles. The van der Waals surface area contributed by atoms with Crippen molar-refractivity contribution in [3.8, 4) is 22.8 Å². The van der Waals surface area contributed by atoms with E-state index in [9.17, 15) is 9.18 Å². The molecule has 3 heterocycles. The Morgan fingerprint density at radius 1 is 0.964 bits per heavy atom. The van der Waals surface area contributed by atoms with Crippen LogP contribution in [-0.2, 0) is 0 Å². The Kier molecular flexibility index (Phi) is 4.49. The van der Waals surface area contributed by atoms with Gasteiger partial charge in [0.25, 0.3) is 5.91 Å². The van der Waals surface area contributed by atoms with Crippen LogP contribution in [0.2, 0.25) is 0 Å². The number of hydrogen-bond donors (Lipinski definition) is 0. The van der Waals surface area contributed by atoms with E-state index in [2.05, 4.69) is 19.9 Å². The third-order valence-electron chi connectivity index (χ3n) is 4.25. The Morgan fingerprint density at radius 3 is 2.43 bits per heavy atom. The zero-order valence-corrected chi connectivity index (χ0v) is 15.3. The van der Waals surface area contributed by atoms with Gasteiger partial charge in [-0.3, -0.25) is 9.78 Å². The molecule has 0 fully saturated rings. The fourth-order valence-electron chi connectivity index (χ4n) is 2.85. The van der Waals surface area contributed by atoms with Crippen molar-refractivity contribution >= 4 is 16.8 Å². The van der Waals surface area contributed by atoms with Crippen molar-refractivity contribution in [1.29, 1.82) is 0 Å². The van der Waals surface area contributed by atoms with Gasteiger partial charge in [-0.25, -0.2) is 19.3 Å². The molecule has 138 valence electrons. The molecule has 0 saturated heterocycles. The molecule has 3 aromatic heterocycles. The highest BCUT2D eigenvalue weighted by Gasteiger charge is 2.16. The van der Waals surface area contributed by atoms with Gasteiger partial charge in [-0.15, -0.1) is 0 Å². The van der Waals surface area contributed by atoms with E-state index >= 15 is 0 Å². The molecular weight excluding hydrogens is 357 g/mol. The van der Waals surface area contributed by atoms with Crippen molar-refractivity contribution in [2.24, 2.45) is 0 Å². The predicted octanol–water partition coefficient (Wildman–Crippen LogP) is 3.59. The first-order chi connectivity index (χ1) is 13.5. The van der Waals surface area contributed by atoms with Crippen molar-refractivity contribution in [3.63, 3.8) is 0 Å². The Bertz CT molecular complexity index is 1160. The maximum atomic E-state index is 13.7. The molecule has 0 atom stereocenters. The van der Waals surface area contributed by atoms with Gasteiger partial charge < -0.3 is 4.90 Å². The molecule has 0 aliphatic carbocycles. The number of halogens is 1. The van der Waals surface area contributed by atoms with Crippen molar-refractivity contribution in [3.05, 3.63) is 72.4 Å². The van der Waals surface area contributed by atoms with Gasteiger partial charge in [0.15, 0.2) is 5.82 Å². The van der Waals surface area contributed by atoms with Crippen LogP contribution >= 0.6 is 0 Å². The van der Waals surface area contributed by atoms with E-state index in [1.807, 2.05) is 18.2 Å². The van der Waals surface area contributed by atoms with E-state index in [1.165, 1.54) is 17.0 Å². The molecule has 0 radical (unpaired) electrons. The maximum absolute atomic E-state index is 13.7. The summed E-state index contributed by atoms with van der Waals surface area (Å²) in [7, 11) is 3.34. The third kappa shape index (κ3) is 3.29. The van der Waals surface area contributed by atoms with Gasteiger partial charge in [-0.2, -0.15) is 0 Å². The van der Waals surface area contributed by atoms with E-state index in [1.54, 1.807) is 44.8 Å². The monoisotopic (exact) mass is 373 g/mol. The molecular formula is C21H16FN5O. The van der Waals surface area contributed by atoms with Crippen LogP contribution in [0.4, 0.5) is 4.39 Å². The number of benzene rings is 1. The lowest BCUT2D eigenvalue weighted by Crippen LogP contribution is -2.22. The van der Waals surface area contributed by atoms with Gasteiger partial charge in [0.1, 0.15) is 11.5 Å². The van der Waals surface area contributed by atoms with Gasteiger partial charge in [0, 0.05) is 49.7 Å². The van der Waals surface area contributed by atoms with Gasteiger partial charge in [-0.05, 0) is 30.3 Å². The van der Waals surface area contributed by atoms with Crippen molar-refractivity contribution < 1.29 is 9.18 Å². The highest BCUT2D eigenvalue weighted by Crippen LogP contribution is 2.26. The first kappa shape index (κ1) is 17.7. The first-order valence-corrected chi connectivity index (χ1v) is 8.59. The van der Waals surface area contributed by atoms with E-state index in [-0.39, 0.29) is 5.91 Å². The summed E-state index contributed by atoms with van der Waals surface area (Å²) >= 11 is 0. The van der Waals surface area contributed by atoms with Crippen molar-refractivity contribution in [1.82, 2.24) is 24.8 Å². The summed E-state index contributed by atoms with van der Waals surface area (Å²) in [6.07, 6.45) is 4.91. The van der Waals surface area contributed by atoms with E-state index in [0.29, 0.717) is 39.2 Å².